The Kier molecular flexibility index (Phi) is 11.5. The number of halogens is 1. The van der Waals surface area contributed by atoms with Gasteiger partial charge in [0.2, 0.25) is 5.91 Å². The molecule has 3 atom stereocenters. The maximum Gasteiger partial charge on any atom is 0.410 e. The lowest BCUT2D eigenvalue weighted by molar-refractivity contribution is -0.137. The van der Waals surface area contributed by atoms with Gasteiger partial charge in [0, 0.05) is 32.8 Å². The van der Waals surface area contributed by atoms with Crippen molar-refractivity contribution in [3.63, 3.8) is 0 Å². The lowest BCUT2D eigenvalue weighted by Crippen LogP contribution is -2.57. The molecule has 1 saturated heterocycles. The molecule has 0 aromatic heterocycles. The molecule has 0 aliphatic carbocycles. The van der Waals surface area contributed by atoms with E-state index in [1.54, 1.807) is 49.6 Å². The summed E-state index contributed by atoms with van der Waals surface area (Å²) in [6.45, 7) is 8.13. The van der Waals surface area contributed by atoms with Gasteiger partial charge in [-0.3, -0.25) is 4.79 Å². The molecule has 1 heterocycles. The van der Waals surface area contributed by atoms with Crippen LogP contribution in [0.15, 0.2) is 54.6 Å². The predicted molar refractivity (Wildman–Crippen MR) is 153 cm³/mol. The molecule has 0 bridgehead atoms. The fourth-order valence-corrected chi connectivity index (χ4v) is 4.68. The molecule has 41 heavy (non-hydrogen) atoms. The Labute approximate surface area is 241 Å². The van der Waals surface area contributed by atoms with Gasteiger partial charge in [0.15, 0.2) is 0 Å². The van der Waals surface area contributed by atoms with Crippen molar-refractivity contribution in [1.29, 1.82) is 0 Å². The summed E-state index contributed by atoms with van der Waals surface area (Å²) in [5.41, 5.74) is 1.01. The molecule has 224 valence electrons. The number of carbonyl (C=O) groups is 3. The standard InChI is InChI=1S/C31H42FN3O6/c1-22(39-5)27(33-29(37)41-31(2,3)4)28(36)35-18-9-12-26(35)20-34(19-17-23-13-15-25(32)16-14-23)30(38)40-21-24-10-7-6-8-11-24/h6-8,10-11,13-16,22,26-27H,9,12,17-21H2,1-5H3,(H,33,37)/t22-,26+,27+/m1/s1. The van der Waals surface area contributed by atoms with E-state index in [9.17, 15) is 18.8 Å². The van der Waals surface area contributed by atoms with Gasteiger partial charge in [-0.25, -0.2) is 14.0 Å². The lowest BCUT2D eigenvalue weighted by atomic mass is 10.1. The summed E-state index contributed by atoms with van der Waals surface area (Å²) in [4.78, 5) is 42.8. The molecule has 1 aliphatic heterocycles. The molecule has 1 N–H and O–H groups in total. The van der Waals surface area contributed by atoms with Crippen LogP contribution in [0.5, 0.6) is 0 Å². The van der Waals surface area contributed by atoms with Crippen molar-refractivity contribution in [3.8, 4) is 0 Å². The molecule has 1 fully saturated rings. The zero-order valence-electron chi connectivity index (χ0n) is 24.6. The SMILES string of the molecule is CO[C@H](C)[C@H](NC(=O)OC(C)(C)C)C(=O)N1CCC[C@H]1CN(CCc1ccc(F)cc1)C(=O)OCc1ccccc1. The minimum Gasteiger partial charge on any atom is -0.445 e. The minimum atomic E-state index is -0.965. The van der Waals surface area contributed by atoms with Crippen LogP contribution in [0.2, 0.25) is 0 Å². The van der Waals surface area contributed by atoms with Gasteiger partial charge < -0.3 is 29.3 Å². The maximum absolute atomic E-state index is 13.7. The van der Waals surface area contributed by atoms with E-state index in [2.05, 4.69) is 5.32 Å². The van der Waals surface area contributed by atoms with Crippen molar-refractivity contribution in [1.82, 2.24) is 15.1 Å². The third-order valence-electron chi connectivity index (χ3n) is 6.92. The summed E-state index contributed by atoms with van der Waals surface area (Å²) in [6, 6.07) is 14.3. The number of methoxy groups -OCH3 is 1. The molecule has 2 aromatic rings. The number of nitrogens with zero attached hydrogens (tertiary/aromatic N) is 2. The number of nitrogens with one attached hydrogen (secondary N) is 1. The fourth-order valence-electron chi connectivity index (χ4n) is 4.68. The Morgan fingerprint density at radius 3 is 2.39 bits per heavy atom. The average Bonchev–Trinajstić information content (AvgIpc) is 3.40. The highest BCUT2D eigenvalue weighted by Gasteiger charge is 2.38. The number of hydrogen-bond acceptors (Lipinski definition) is 6. The number of carbonyl (C=O) groups excluding carboxylic acids is 3. The molecule has 0 saturated carbocycles. The summed E-state index contributed by atoms with van der Waals surface area (Å²) in [6.07, 6.45) is 0.115. The summed E-state index contributed by atoms with van der Waals surface area (Å²) in [7, 11) is 1.48. The Bertz CT molecular complexity index is 1140. The highest BCUT2D eigenvalue weighted by atomic mass is 19.1. The monoisotopic (exact) mass is 571 g/mol. The van der Waals surface area contributed by atoms with Crippen LogP contribution < -0.4 is 5.32 Å². The zero-order valence-corrected chi connectivity index (χ0v) is 24.6. The van der Waals surface area contributed by atoms with Gasteiger partial charge in [0.05, 0.1) is 6.10 Å². The number of hydrogen-bond donors (Lipinski definition) is 1. The Morgan fingerprint density at radius 2 is 1.76 bits per heavy atom. The molecule has 1 aliphatic rings. The molecule has 2 aromatic carbocycles. The molecular formula is C31H42FN3O6. The van der Waals surface area contributed by atoms with Crippen molar-refractivity contribution >= 4 is 18.1 Å². The van der Waals surface area contributed by atoms with Crippen LogP contribution in [-0.4, -0.2) is 78.4 Å². The number of amides is 3. The van der Waals surface area contributed by atoms with E-state index in [0.717, 1.165) is 17.5 Å². The first kappa shape index (κ1) is 31.9. The topological polar surface area (TPSA) is 97.4 Å². The van der Waals surface area contributed by atoms with E-state index >= 15 is 0 Å². The van der Waals surface area contributed by atoms with Crippen molar-refractivity contribution < 1.29 is 33.0 Å². The first-order valence-electron chi connectivity index (χ1n) is 14.0. The number of likely N-dealkylation sites (tertiary alicyclic amines) is 1. The van der Waals surface area contributed by atoms with Crippen molar-refractivity contribution in [3.05, 3.63) is 71.5 Å². The molecule has 3 amide bonds. The molecule has 9 nitrogen and oxygen atoms in total. The van der Waals surface area contributed by atoms with E-state index in [1.165, 1.54) is 19.2 Å². The lowest BCUT2D eigenvalue weighted by Gasteiger charge is -2.34. The number of benzene rings is 2. The second-order valence-corrected chi connectivity index (χ2v) is 11.3. The molecule has 0 unspecified atom stereocenters. The maximum atomic E-state index is 13.7. The number of rotatable bonds is 11. The van der Waals surface area contributed by atoms with Crippen LogP contribution in [0.25, 0.3) is 0 Å². The first-order valence-corrected chi connectivity index (χ1v) is 14.0. The number of ether oxygens (including phenoxy) is 3. The summed E-state index contributed by atoms with van der Waals surface area (Å²) >= 11 is 0. The third kappa shape index (κ3) is 10.0. The van der Waals surface area contributed by atoms with Gasteiger partial charge in [-0.2, -0.15) is 0 Å². The van der Waals surface area contributed by atoms with Gasteiger partial charge >= 0.3 is 12.2 Å². The van der Waals surface area contributed by atoms with E-state index in [0.29, 0.717) is 25.9 Å². The first-order chi connectivity index (χ1) is 19.5. The minimum absolute atomic E-state index is 0.118. The van der Waals surface area contributed by atoms with Gasteiger partial charge in [-0.05, 0) is 70.2 Å². The van der Waals surface area contributed by atoms with E-state index in [4.69, 9.17) is 14.2 Å². The van der Waals surface area contributed by atoms with Crippen molar-refractivity contribution in [2.45, 2.75) is 77.4 Å². The van der Waals surface area contributed by atoms with Crippen LogP contribution in [0.3, 0.4) is 0 Å². The summed E-state index contributed by atoms with van der Waals surface area (Å²) < 4.78 is 29.8. The van der Waals surface area contributed by atoms with Crippen molar-refractivity contribution in [2.75, 3.05) is 26.7 Å². The number of alkyl carbamates (subject to hydrolysis) is 1. The Balaban J connectivity index is 1.74. The zero-order chi connectivity index (χ0) is 30.0. The summed E-state index contributed by atoms with van der Waals surface area (Å²) in [5, 5.41) is 2.67. The average molecular weight is 572 g/mol. The van der Waals surface area contributed by atoms with Gasteiger partial charge in [0.1, 0.15) is 24.1 Å². The molecule has 0 spiro atoms. The van der Waals surface area contributed by atoms with Crippen LogP contribution >= 0.6 is 0 Å². The fraction of sp³-hybridized carbons (Fsp3) is 0.516. The quantitative estimate of drug-likeness (QED) is 0.411. The predicted octanol–water partition coefficient (Wildman–Crippen LogP) is 4.93. The van der Waals surface area contributed by atoms with Crippen LogP contribution in [0, 0.1) is 5.82 Å². The van der Waals surface area contributed by atoms with Crippen LogP contribution in [0.4, 0.5) is 14.0 Å². The largest absolute Gasteiger partial charge is 0.445 e. The molecular weight excluding hydrogens is 529 g/mol. The Hall–Kier alpha value is -3.66. The van der Waals surface area contributed by atoms with Crippen molar-refractivity contribution in [2.24, 2.45) is 0 Å². The highest BCUT2D eigenvalue weighted by molar-refractivity contribution is 5.87. The normalized spacial score (nSPS) is 16.5. The second kappa shape index (κ2) is 14.8. The smallest absolute Gasteiger partial charge is 0.410 e. The van der Waals surface area contributed by atoms with Crippen LogP contribution in [0.1, 0.15) is 51.7 Å². The van der Waals surface area contributed by atoms with Gasteiger partial charge in [-0.1, -0.05) is 42.5 Å². The van der Waals surface area contributed by atoms with Gasteiger partial charge in [0.25, 0.3) is 0 Å². The van der Waals surface area contributed by atoms with E-state index in [-0.39, 0.29) is 30.9 Å². The Morgan fingerprint density at radius 1 is 1.07 bits per heavy atom. The third-order valence-corrected chi connectivity index (χ3v) is 6.92. The molecule has 10 heteroatoms. The highest BCUT2D eigenvalue weighted by Crippen LogP contribution is 2.22. The van der Waals surface area contributed by atoms with Crippen LogP contribution in [-0.2, 0) is 32.0 Å². The van der Waals surface area contributed by atoms with E-state index < -0.39 is 29.9 Å². The second-order valence-electron chi connectivity index (χ2n) is 11.3. The molecule has 0 radical (unpaired) electrons. The summed E-state index contributed by atoms with van der Waals surface area (Å²) in [5.74, 6) is -0.628. The van der Waals surface area contributed by atoms with E-state index in [1.807, 2.05) is 30.3 Å². The molecule has 3 rings (SSSR count). The van der Waals surface area contributed by atoms with Gasteiger partial charge in [-0.15, -0.1) is 0 Å².